The molecule has 0 amide bonds. The van der Waals surface area contributed by atoms with E-state index in [4.69, 9.17) is 0 Å². The smallest absolute Gasteiger partial charge is 0.0708 e. The van der Waals surface area contributed by atoms with Crippen LogP contribution < -0.4 is 0 Å². The fraction of sp³-hybridized carbons (Fsp3) is 0.357. The van der Waals surface area contributed by atoms with Crippen LogP contribution >= 0.6 is 0 Å². The third-order valence-corrected chi connectivity index (χ3v) is 3.03. The van der Waals surface area contributed by atoms with Gasteiger partial charge >= 0.3 is 0 Å². The highest BCUT2D eigenvalue weighted by atomic mass is 14.7. The van der Waals surface area contributed by atoms with Crippen LogP contribution in [0.25, 0.3) is 10.9 Å². The molecule has 0 atom stereocenters. The summed E-state index contributed by atoms with van der Waals surface area (Å²) in [5.74, 6) is 0. The Morgan fingerprint density at radius 2 is 1.67 bits per heavy atom. The minimum absolute atomic E-state index is 1.08. The third-order valence-electron chi connectivity index (χ3n) is 3.03. The second-order valence-corrected chi connectivity index (χ2v) is 3.88. The Labute approximate surface area is 91.2 Å². The topological polar surface area (TPSA) is 12.9 Å². The van der Waals surface area contributed by atoms with Crippen molar-refractivity contribution in [3.63, 3.8) is 0 Å². The van der Waals surface area contributed by atoms with E-state index in [1.54, 1.807) is 0 Å². The Bertz CT molecular complexity index is 486. The van der Waals surface area contributed by atoms with Gasteiger partial charge in [-0.3, -0.25) is 4.98 Å². The summed E-state index contributed by atoms with van der Waals surface area (Å²) in [6, 6.07) is 8.43. The van der Waals surface area contributed by atoms with E-state index >= 15 is 0 Å². The van der Waals surface area contributed by atoms with Crippen molar-refractivity contribution in [2.45, 2.75) is 33.6 Å². The lowest BCUT2D eigenvalue weighted by atomic mass is 9.97. The molecule has 1 nitrogen and oxygen atoms in total. The second-order valence-electron chi connectivity index (χ2n) is 3.88. The molecule has 0 spiro atoms. The molecule has 78 valence electrons. The summed E-state index contributed by atoms with van der Waals surface area (Å²) in [6.45, 7) is 6.54. The van der Waals surface area contributed by atoms with Crippen molar-refractivity contribution in [3.05, 3.63) is 41.1 Å². The van der Waals surface area contributed by atoms with Crippen molar-refractivity contribution in [3.8, 4) is 0 Å². The molecule has 0 N–H and O–H groups in total. The van der Waals surface area contributed by atoms with Crippen LogP contribution in [0.1, 0.15) is 30.7 Å². The fourth-order valence-electron chi connectivity index (χ4n) is 2.33. The monoisotopic (exact) mass is 199 g/mol. The lowest BCUT2D eigenvalue weighted by Gasteiger charge is -2.12. The first-order valence-corrected chi connectivity index (χ1v) is 5.65. The van der Waals surface area contributed by atoms with Gasteiger partial charge in [0.15, 0.2) is 0 Å². The molecule has 0 saturated carbocycles. The fourth-order valence-corrected chi connectivity index (χ4v) is 2.33. The average molecular weight is 199 g/mol. The van der Waals surface area contributed by atoms with Crippen LogP contribution in [-0.4, -0.2) is 4.98 Å². The van der Waals surface area contributed by atoms with Gasteiger partial charge in [-0.05, 0) is 37.0 Å². The summed E-state index contributed by atoms with van der Waals surface area (Å²) in [6.07, 6.45) is 2.17. The van der Waals surface area contributed by atoms with Crippen LogP contribution in [0.4, 0.5) is 0 Å². The van der Waals surface area contributed by atoms with Gasteiger partial charge in [-0.25, -0.2) is 0 Å². The van der Waals surface area contributed by atoms with Crippen molar-refractivity contribution in [2.24, 2.45) is 0 Å². The van der Waals surface area contributed by atoms with Crippen LogP contribution in [0, 0.1) is 6.92 Å². The average Bonchev–Trinajstić information content (AvgIpc) is 2.27. The number of aryl methyl sites for hydroxylation is 2. The first-order valence-electron chi connectivity index (χ1n) is 5.65. The molecule has 0 radical (unpaired) electrons. The van der Waals surface area contributed by atoms with Crippen molar-refractivity contribution in [2.75, 3.05) is 0 Å². The third kappa shape index (κ3) is 1.63. The highest BCUT2D eigenvalue weighted by Gasteiger charge is 2.08. The van der Waals surface area contributed by atoms with Gasteiger partial charge in [0, 0.05) is 11.1 Å². The highest BCUT2D eigenvalue weighted by Crippen LogP contribution is 2.24. The first kappa shape index (κ1) is 10.2. The molecule has 1 heterocycles. The summed E-state index contributed by atoms with van der Waals surface area (Å²) < 4.78 is 0. The van der Waals surface area contributed by atoms with Crippen LogP contribution in [0.3, 0.4) is 0 Å². The number of hydrogen-bond acceptors (Lipinski definition) is 1. The Balaban J connectivity index is 2.84. The quantitative estimate of drug-likeness (QED) is 0.719. The van der Waals surface area contributed by atoms with E-state index in [0.29, 0.717) is 0 Å². The van der Waals surface area contributed by atoms with E-state index in [-0.39, 0.29) is 0 Å². The molecule has 0 aliphatic heterocycles. The summed E-state index contributed by atoms with van der Waals surface area (Å²) in [5, 5.41) is 1.32. The second kappa shape index (κ2) is 4.01. The molecule has 1 aromatic carbocycles. The summed E-state index contributed by atoms with van der Waals surface area (Å²) in [4.78, 5) is 4.66. The van der Waals surface area contributed by atoms with Crippen LogP contribution in [0.2, 0.25) is 0 Å². The first-order chi connectivity index (χ1) is 7.27. The number of pyridine rings is 1. The van der Waals surface area contributed by atoms with Crippen LogP contribution in [0.15, 0.2) is 24.3 Å². The van der Waals surface area contributed by atoms with Gasteiger partial charge in [-0.15, -0.1) is 0 Å². The lowest BCUT2D eigenvalue weighted by Crippen LogP contribution is -1.99. The molecule has 0 aliphatic rings. The molecule has 2 rings (SSSR count). The van der Waals surface area contributed by atoms with Gasteiger partial charge in [-0.1, -0.05) is 32.0 Å². The standard InChI is InChI=1S/C14H17N/c1-4-11-10(3)15-14-9-7-6-8-13(14)12(11)5-2/h6-9H,4-5H2,1-3H3. The van der Waals surface area contributed by atoms with Crippen molar-refractivity contribution < 1.29 is 0 Å². The molecule has 1 heteroatoms. The van der Waals surface area contributed by atoms with E-state index in [0.717, 1.165) is 18.4 Å². The molecule has 0 unspecified atom stereocenters. The van der Waals surface area contributed by atoms with Crippen molar-refractivity contribution in [1.82, 2.24) is 4.98 Å². The molecule has 0 aliphatic carbocycles. The number of benzene rings is 1. The molecular weight excluding hydrogens is 182 g/mol. The number of rotatable bonds is 2. The Hall–Kier alpha value is -1.37. The van der Waals surface area contributed by atoms with Crippen LogP contribution in [-0.2, 0) is 12.8 Å². The minimum Gasteiger partial charge on any atom is -0.253 e. The molecule has 0 saturated heterocycles. The number of nitrogens with zero attached hydrogens (tertiary/aromatic N) is 1. The number of para-hydroxylation sites is 1. The van der Waals surface area contributed by atoms with Gasteiger partial charge < -0.3 is 0 Å². The van der Waals surface area contributed by atoms with Gasteiger partial charge in [0.05, 0.1) is 5.52 Å². The summed E-state index contributed by atoms with van der Waals surface area (Å²) in [5.41, 5.74) is 5.22. The minimum atomic E-state index is 1.08. The normalized spacial score (nSPS) is 10.9. The maximum Gasteiger partial charge on any atom is 0.0708 e. The van der Waals surface area contributed by atoms with Crippen LogP contribution in [0.5, 0.6) is 0 Å². The molecule has 0 fully saturated rings. The summed E-state index contributed by atoms with van der Waals surface area (Å²) >= 11 is 0. The predicted octanol–water partition coefficient (Wildman–Crippen LogP) is 3.67. The van der Waals surface area contributed by atoms with E-state index in [1.807, 2.05) is 0 Å². The summed E-state index contributed by atoms with van der Waals surface area (Å²) in [7, 11) is 0. The maximum atomic E-state index is 4.66. The van der Waals surface area contributed by atoms with E-state index < -0.39 is 0 Å². The van der Waals surface area contributed by atoms with Gasteiger partial charge in [0.25, 0.3) is 0 Å². The molecule has 0 bridgehead atoms. The van der Waals surface area contributed by atoms with Gasteiger partial charge in [0.1, 0.15) is 0 Å². The zero-order chi connectivity index (χ0) is 10.8. The molecule has 15 heavy (non-hydrogen) atoms. The van der Waals surface area contributed by atoms with Crippen molar-refractivity contribution in [1.29, 1.82) is 0 Å². The molecule has 2 aromatic rings. The predicted molar refractivity (Wildman–Crippen MR) is 65.2 cm³/mol. The Kier molecular flexibility index (Phi) is 2.72. The van der Waals surface area contributed by atoms with Crippen molar-refractivity contribution >= 4 is 10.9 Å². The number of hydrogen-bond donors (Lipinski definition) is 0. The van der Waals surface area contributed by atoms with E-state index in [9.17, 15) is 0 Å². The van der Waals surface area contributed by atoms with Gasteiger partial charge in [-0.2, -0.15) is 0 Å². The highest BCUT2D eigenvalue weighted by molar-refractivity contribution is 5.83. The largest absolute Gasteiger partial charge is 0.253 e. The Morgan fingerprint density at radius 1 is 1.00 bits per heavy atom. The molecular formula is C14H17N. The van der Waals surface area contributed by atoms with E-state index in [2.05, 4.69) is 50.0 Å². The SMILES string of the molecule is CCc1c(C)nc2ccccc2c1CC. The zero-order valence-corrected chi connectivity index (χ0v) is 9.67. The van der Waals surface area contributed by atoms with E-state index in [1.165, 1.54) is 22.2 Å². The number of fused-ring (bicyclic) bond motifs is 1. The number of aromatic nitrogens is 1. The van der Waals surface area contributed by atoms with Gasteiger partial charge in [0.2, 0.25) is 0 Å². The molecule has 1 aromatic heterocycles. The lowest BCUT2D eigenvalue weighted by molar-refractivity contribution is 1.00. The zero-order valence-electron chi connectivity index (χ0n) is 9.67. The maximum absolute atomic E-state index is 4.66. The Morgan fingerprint density at radius 3 is 2.33 bits per heavy atom.